The minimum absolute atomic E-state index is 0.288. The molecule has 0 aliphatic heterocycles. The highest BCUT2D eigenvalue weighted by molar-refractivity contribution is 7.66. The number of carboxylic acid groups (broad SMARTS) is 8. The van der Waals surface area contributed by atoms with E-state index in [0.717, 1.165) is 0 Å². The molecule has 0 aromatic rings. The molecule has 196 valence electrons. The average Bonchev–Trinajstić information content (AvgIpc) is 2.64. The van der Waals surface area contributed by atoms with Crippen LogP contribution in [0.3, 0.4) is 0 Å². The molecule has 17 nitrogen and oxygen atoms in total. The average molecular weight is 528 g/mol. The van der Waals surface area contributed by atoms with Crippen molar-refractivity contribution < 1.29 is 83.8 Å². The Morgan fingerprint density at radius 3 is 0.914 bits per heavy atom. The number of aliphatic carboxylic acids is 8. The largest absolute Gasteiger partial charge is 0.481 e. The fraction of sp³-hybridized carbons (Fsp3) is 0.529. The maximum absolute atomic E-state index is 13.6. The summed E-state index contributed by atoms with van der Waals surface area (Å²) in [6.07, 6.45) is -3.04. The Morgan fingerprint density at radius 1 is 0.514 bits per heavy atom. The summed E-state index contributed by atoms with van der Waals surface area (Å²) in [5.41, 5.74) is -6.05. The van der Waals surface area contributed by atoms with Crippen LogP contribution in [-0.4, -0.2) is 107 Å². The zero-order valence-electron chi connectivity index (χ0n) is 17.6. The van der Waals surface area contributed by atoms with Gasteiger partial charge in [-0.15, -0.1) is 0 Å². The summed E-state index contributed by atoms with van der Waals surface area (Å²) in [4.78, 5) is 92.7. The van der Waals surface area contributed by atoms with Gasteiger partial charge < -0.3 is 45.4 Å². The van der Waals surface area contributed by atoms with Crippen molar-refractivity contribution in [3.8, 4) is 0 Å². The number of hydrogen-bond donors (Lipinski definition) is 8. The number of rotatable bonds is 16. The van der Waals surface area contributed by atoms with Gasteiger partial charge in [-0.2, -0.15) is 0 Å². The molecule has 0 rings (SSSR count). The number of carbonyl (C=O) groups is 8. The molecule has 0 spiro atoms. The lowest BCUT2D eigenvalue weighted by Crippen LogP contribution is -2.49. The van der Waals surface area contributed by atoms with Gasteiger partial charge in [-0.1, -0.05) is 0 Å². The van der Waals surface area contributed by atoms with Crippen LogP contribution in [0, 0.1) is 23.7 Å². The lowest BCUT2D eigenvalue weighted by atomic mass is 9.86. The zero-order chi connectivity index (χ0) is 28.0. The van der Waals surface area contributed by atoms with Crippen LogP contribution >= 0.6 is 7.14 Å². The Morgan fingerprint density at radius 2 is 0.771 bits per heavy atom. The normalized spacial score (nSPS) is 17.9. The second-order valence-electron chi connectivity index (χ2n) is 7.44. The van der Waals surface area contributed by atoms with Crippen LogP contribution < -0.4 is 0 Å². The highest BCUT2D eigenvalue weighted by atomic mass is 31.2. The molecule has 0 saturated heterocycles. The third kappa shape index (κ3) is 7.49. The molecule has 0 aliphatic carbocycles. The Hall–Kier alpha value is -4.01. The van der Waals surface area contributed by atoms with Crippen molar-refractivity contribution in [2.45, 2.75) is 24.2 Å². The third-order valence-corrected chi connectivity index (χ3v) is 8.45. The van der Waals surface area contributed by atoms with Gasteiger partial charge in [-0.25, -0.2) is 0 Å². The first-order valence-corrected chi connectivity index (χ1v) is 11.4. The van der Waals surface area contributed by atoms with E-state index in [0.29, 0.717) is 0 Å². The molecule has 0 fully saturated rings. The molecule has 0 bridgehead atoms. The minimum Gasteiger partial charge on any atom is -0.481 e. The molecule has 0 aliphatic rings. The molecule has 0 amide bonds. The van der Waals surface area contributed by atoms with Crippen LogP contribution in [0.2, 0.25) is 0 Å². The summed E-state index contributed by atoms with van der Waals surface area (Å²) in [7, 11) is -5.39. The fourth-order valence-corrected chi connectivity index (χ4v) is 6.89. The molecule has 0 heterocycles. The van der Waals surface area contributed by atoms with Crippen LogP contribution in [-0.2, 0) is 42.9 Å². The fourth-order valence-electron chi connectivity index (χ4n) is 3.72. The monoisotopic (exact) mass is 528 g/mol. The van der Waals surface area contributed by atoms with Gasteiger partial charge in [-0.3, -0.25) is 38.4 Å². The maximum Gasteiger partial charge on any atom is 0.314 e. The molecule has 8 N–H and O–H groups in total. The van der Waals surface area contributed by atoms with E-state index in [9.17, 15) is 73.6 Å². The lowest BCUT2D eigenvalue weighted by Gasteiger charge is -2.35. The predicted octanol–water partition coefficient (Wildman–Crippen LogP) is -1.36. The molecular weight excluding hydrogens is 507 g/mol. The molecule has 0 aromatic heterocycles. The highest BCUT2D eigenvalue weighted by Crippen LogP contribution is 2.59. The highest BCUT2D eigenvalue weighted by Gasteiger charge is 2.59. The van der Waals surface area contributed by atoms with E-state index in [1.54, 1.807) is 0 Å². The van der Waals surface area contributed by atoms with Crippen molar-refractivity contribution in [1.82, 2.24) is 0 Å². The SMILES string of the molecule is CP(=O)(C(C(=O)O)C(C(=O)O)C(CC(=O)O)C(=O)O)C(C(=O)O)C(C(=O)O)C(CC(=O)O)C(=O)O. The maximum atomic E-state index is 13.6. The second kappa shape index (κ2) is 11.9. The first kappa shape index (κ1) is 31.0. The first-order valence-electron chi connectivity index (χ1n) is 9.16. The summed E-state index contributed by atoms with van der Waals surface area (Å²) in [5.74, 6) is -28.6. The van der Waals surface area contributed by atoms with Crippen LogP contribution in [0.5, 0.6) is 0 Å². The summed E-state index contributed by atoms with van der Waals surface area (Å²) in [5, 5.41) is 74.6. The van der Waals surface area contributed by atoms with Gasteiger partial charge >= 0.3 is 47.8 Å². The molecule has 0 saturated carbocycles. The van der Waals surface area contributed by atoms with Crippen molar-refractivity contribution in [2.24, 2.45) is 23.7 Å². The van der Waals surface area contributed by atoms with Gasteiger partial charge in [0, 0.05) is 0 Å². The number of hydrogen-bond acceptors (Lipinski definition) is 9. The molecule has 18 heteroatoms. The predicted molar refractivity (Wildman–Crippen MR) is 105 cm³/mol. The van der Waals surface area contributed by atoms with Gasteiger partial charge in [0.1, 0.15) is 18.5 Å². The van der Waals surface area contributed by atoms with Crippen LogP contribution in [0.15, 0.2) is 0 Å². The topological polar surface area (TPSA) is 315 Å². The van der Waals surface area contributed by atoms with E-state index in [2.05, 4.69) is 0 Å². The minimum atomic E-state index is -5.39. The van der Waals surface area contributed by atoms with Crippen LogP contribution in [0.25, 0.3) is 0 Å². The van der Waals surface area contributed by atoms with E-state index < -0.39 is 103 Å². The van der Waals surface area contributed by atoms with E-state index >= 15 is 0 Å². The molecular formula is C17H21O17P. The van der Waals surface area contributed by atoms with Crippen molar-refractivity contribution >= 4 is 54.9 Å². The summed E-state index contributed by atoms with van der Waals surface area (Å²) in [6, 6.07) is 0. The molecule has 0 aromatic carbocycles. The standard InChI is InChI=1S/C17H21O17P/c1-35(34,10(16(30)31)8(14(26)27)4(12(22)23)2-6(18)19)11(17(32)33)9(15(28)29)5(13(24)25)3-7(20)21/h4-5,8-11H,2-3H2,1H3,(H,18,19)(H,20,21)(H,22,23)(H,24,25)(H,26,27)(H,28,29)(H,30,31)(H,32,33). The molecule has 6 atom stereocenters. The summed E-state index contributed by atoms with van der Waals surface area (Å²) >= 11 is 0. The smallest absolute Gasteiger partial charge is 0.314 e. The quantitative estimate of drug-likeness (QED) is 0.107. The Bertz CT molecular complexity index is 909. The Balaban J connectivity index is 7.25. The number of carboxylic acids is 8. The van der Waals surface area contributed by atoms with E-state index in [1.165, 1.54) is 0 Å². The van der Waals surface area contributed by atoms with Gasteiger partial charge in [0.05, 0.1) is 36.5 Å². The molecule has 6 unspecified atom stereocenters. The van der Waals surface area contributed by atoms with Gasteiger partial charge in [0.25, 0.3) is 0 Å². The van der Waals surface area contributed by atoms with E-state index in [-0.39, 0.29) is 6.66 Å². The first-order chi connectivity index (χ1) is 15.8. The Labute approximate surface area is 194 Å². The second-order valence-corrected chi connectivity index (χ2v) is 10.7. The van der Waals surface area contributed by atoms with Gasteiger partial charge in [0.2, 0.25) is 0 Å². The van der Waals surface area contributed by atoms with Crippen LogP contribution in [0.4, 0.5) is 0 Å². The van der Waals surface area contributed by atoms with E-state index in [4.69, 9.17) is 10.2 Å². The lowest BCUT2D eigenvalue weighted by molar-refractivity contribution is -0.160. The van der Waals surface area contributed by atoms with Gasteiger partial charge in [0.15, 0.2) is 0 Å². The van der Waals surface area contributed by atoms with Crippen molar-refractivity contribution in [3.63, 3.8) is 0 Å². The van der Waals surface area contributed by atoms with Crippen molar-refractivity contribution in [3.05, 3.63) is 0 Å². The molecule has 35 heavy (non-hydrogen) atoms. The van der Waals surface area contributed by atoms with Crippen molar-refractivity contribution in [2.75, 3.05) is 6.66 Å². The van der Waals surface area contributed by atoms with Crippen LogP contribution in [0.1, 0.15) is 12.8 Å². The van der Waals surface area contributed by atoms with E-state index in [1.807, 2.05) is 0 Å². The Kier molecular flexibility index (Phi) is 10.6. The van der Waals surface area contributed by atoms with Crippen molar-refractivity contribution in [1.29, 1.82) is 0 Å². The summed E-state index contributed by atoms with van der Waals surface area (Å²) < 4.78 is 13.6. The zero-order valence-corrected chi connectivity index (χ0v) is 18.5. The summed E-state index contributed by atoms with van der Waals surface area (Å²) in [6.45, 7) is 0.288. The van der Waals surface area contributed by atoms with Gasteiger partial charge in [-0.05, 0) is 6.66 Å². The molecule has 0 radical (unpaired) electrons. The third-order valence-electron chi connectivity index (χ3n) is 5.15.